The van der Waals surface area contributed by atoms with E-state index in [4.69, 9.17) is 10.00 Å². The van der Waals surface area contributed by atoms with Crippen LogP contribution in [0.2, 0.25) is 0 Å². The van der Waals surface area contributed by atoms with Crippen LogP contribution in [0, 0.1) is 17.1 Å². The number of likely N-dealkylation sites (N-methyl/N-ethyl adjacent to an activating group) is 1. The number of hydrogen-bond donors (Lipinski definition) is 1. The molecule has 136 valence electrons. The first-order chi connectivity index (χ1) is 12.5. The van der Waals surface area contributed by atoms with Gasteiger partial charge in [0.1, 0.15) is 6.07 Å². The minimum atomic E-state index is -0.447. The number of rotatable bonds is 7. The molecule has 2 rings (SSSR count). The van der Waals surface area contributed by atoms with Crippen LogP contribution in [0.3, 0.4) is 0 Å². The Bertz CT molecular complexity index is 817. The highest BCUT2D eigenvalue weighted by molar-refractivity contribution is 5.95. The highest BCUT2D eigenvalue weighted by Crippen LogP contribution is 2.20. The third-order valence-corrected chi connectivity index (χ3v) is 4.24. The summed E-state index contributed by atoms with van der Waals surface area (Å²) in [6.45, 7) is 4.76. The molecule has 0 aliphatic carbocycles. The minimum absolute atomic E-state index is 0.190. The van der Waals surface area contributed by atoms with Gasteiger partial charge in [-0.1, -0.05) is 25.1 Å². The highest BCUT2D eigenvalue weighted by atomic mass is 19.1. The number of amides is 1. The summed E-state index contributed by atoms with van der Waals surface area (Å²) in [5, 5.41) is 11.9. The van der Waals surface area contributed by atoms with E-state index >= 15 is 0 Å². The lowest BCUT2D eigenvalue weighted by Crippen LogP contribution is -2.41. The largest absolute Gasteiger partial charge is 0.494 e. The number of anilines is 1. The predicted molar refractivity (Wildman–Crippen MR) is 98.3 cm³/mol. The molecule has 0 heterocycles. The molecule has 0 aliphatic heterocycles. The maximum Gasteiger partial charge on any atom is 0.241 e. The van der Waals surface area contributed by atoms with Gasteiger partial charge in [0.2, 0.25) is 5.91 Å². The van der Waals surface area contributed by atoms with Crippen LogP contribution >= 0.6 is 0 Å². The number of carbonyl (C=O) groups is 1. The van der Waals surface area contributed by atoms with E-state index in [9.17, 15) is 9.18 Å². The highest BCUT2D eigenvalue weighted by Gasteiger charge is 2.21. The first-order valence-electron chi connectivity index (χ1n) is 8.36. The van der Waals surface area contributed by atoms with Crippen molar-refractivity contribution in [2.75, 3.05) is 19.0 Å². The molecule has 26 heavy (non-hydrogen) atoms. The first kappa shape index (κ1) is 19.4. The fourth-order valence-electron chi connectivity index (χ4n) is 2.66. The Morgan fingerprint density at radius 3 is 2.69 bits per heavy atom. The second-order valence-electron chi connectivity index (χ2n) is 5.85. The molecule has 1 N–H and O–H groups in total. The van der Waals surface area contributed by atoms with Gasteiger partial charge in [-0.3, -0.25) is 9.69 Å². The Balaban J connectivity index is 2.10. The van der Waals surface area contributed by atoms with Crippen LogP contribution in [0.4, 0.5) is 10.1 Å². The Hall–Kier alpha value is -2.91. The molecule has 1 atom stereocenters. The molecule has 0 saturated carbocycles. The van der Waals surface area contributed by atoms with E-state index in [0.717, 1.165) is 5.56 Å². The van der Waals surface area contributed by atoms with E-state index < -0.39 is 11.9 Å². The second kappa shape index (κ2) is 8.97. The number of nitrogens with zero attached hydrogens (tertiary/aromatic N) is 2. The third kappa shape index (κ3) is 4.58. The summed E-state index contributed by atoms with van der Waals surface area (Å²) in [5.41, 5.74) is 1.65. The number of benzene rings is 2. The van der Waals surface area contributed by atoms with Gasteiger partial charge in [-0.05, 0) is 43.3 Å². The molecule has 0 fully saturated rings. The van der Waals surface area contributed by atoms with Gasteiger partial charge in [-0.15, -0.1) is 0 Å². The lowest BCUT2D eigenvalue weighted by Gasteiger charge is -2.27. The summed E-state index contributed by atoms with van der Waals surface area (Å²) in [4.78, 5) is 14.5. The molecule has 1 amide bonds. The van der Waals surface area contributed by atoms with E-state index in [0.29, 0.717) is 24.3 Å². The van der Waals surface area contributed by atoms with Crippen molar-refractivity contribution >= 4 is 11.6 Å². The third-order valence-electron chi connectivity index (χ3n) is 4.24. The molecule has 6 heteroatoms. The summed E-state index contributed by atoms with van der Waals surface area (Å²) < 4.78 is 18.8. The summed E-state index contributed by atoms with van der Waals surface area (Å²) in [5.74, 6) is -0.458. The molecule has 0 saturated heterocycles. The van der Waals surface area contributed by atoms with Gasteiger partial charge < -0.3 is 10.1 Å². The quantitative estimate of drug-likeness (QED) is 0.825. The molecule has 0 bridgehead atoms. The van der Waals surface area contributed by atoms with Crippen LogP contribution < -0.4 is 10.1 Å². The van der Waals surface area contributed by atoms with Crippen LogP contribution in [-0.4, -0.2) is 30.5 Å². The number of ether oxygens (including phenoxy) is 1. The predicted octanol–water partition coefficient (Wildman–Crippen LogP) is 3.56. The fourth-order valence-corrected chi connectivity index (χ4v) is 2.66. The minimum Gasteiger partial charge on any atom is -0.494 e. The molecule has 0 spiro atoms. The van der Waals surface area contributed by atoms with E-state index in [1.54, 1.807) is 43.3 Å². The zero-order valence-electron chi connectivity index (χ0n) is 15.1. The van der Waals surface area contributed by atoms with Crippen LogP contribution in [0.5, 0.6) is 5.75 Å². The molecular formula is C20H22FN3O2. The SMILES string of the molecule is CCN(Cc1ccc(OC)c(F)c1)[C@@H](C)C(=O)Nc1ccccc1C#N. The average molecular weight is 355 g/mol. The number of hydrogen-bond acceptors (Lipinski definition) is 4. The maximum absolute atomic E-state index is 13.9. The number of para-hydroxylation sites is 1. The molecule has 0 aromatic heterocycles. The average Bonchev–Trinajstić information content (AvgIpc) is 2.66. The Morgan fingerprint density at radius 2 is 2.08 bits per heavy atom. The van der Waals surface area contributed by atoms with Gasteiger partial charge in [0.15, 0.2) is 11.6 Å². The molecule has 0 aliphatic rings. The van der Waals surface area contributed by atoms with Gasteiger partial charge in [-0.2, -0.15) is 5.26 Å². The number of nitriles is 1. The van der Waals surface area contributed by atoms with E-state index in [-0.39, 0.29) is 11.7 Å². The van der Waals surface area contributed by atoms with Crippen molar-refractivity contribution in [3.8, 4) is 11.8 Å². The van der Waals surface area contributed by atoms with Gasteiger partial charge in [0.05, 0.1) is 24.4 Å². The van der Waals surface area contributed by atoms with Crippen molar-refractivity contribution in [1.82, 2.24) is 4.90 Å². The first-order valence-corrected chi connectivity index (χ1v) is 8.36. The zero-order chi connectivity index (χ0) is 19.1. The van der Waals surface area contributed by atoms with Crippen molar-refractivity contribution in [3.05, 3.63) is 59.4 Å². The van der Waals surface area contributed by atoms with Gasteiger partial charge >= 0.3 is 0 Å². The summed E-state index contributed by atoms with van der Waals surface area (Å²) >= 11 is 0. The fraction of sp³-hybridized carbons (Fsp3) is 0.300. The zero-order valence-corrected chi connectivity index (χ0v) is 15.1. The molecule has 0 radical (unpaired) electrons. The van der Waals surface area contributed by atoms with Gasteiger partial charge in [0.25, 0.3) is 0 Å². The van der Waals surface area contributed by atoms with Crippen LogP contribution in [0.25, 0.3) is 0 Å². The normalized spacial score (nSPS) is 11.7. The maximum atomic E-state index is 13.9. The number of halogens is 1. The summed E-state index contributed by atoms with van der Waals surface area (Å²) in [7, 11) is 1.42. The van der Waals surface area contributed by atoms with Crippen LogP contribution in [0.15, 0.2) is 42.5 Å². The monoisotopic (exact) mass is 355 g/mol. The number of nitrogens with one attached hydrogen (secondary N) is 1. The molecular weight excluding hydrogens is 333 g/mol. The van der Waals surface area contributed by atoms with Gasteiger partial charge in [0, 0.05) is 6.54 Å². The molecule has 2 aromatic carbocycles. The summed E-state index contributed by atoms with van der Waals surface area (Å²) in [6, 6.07) is 13.2. The van der Waals surface area contributed by atoms with Gasteiger partial charge in [-0.25, -0.2) is 4.39 Å². The Labute approximate surface area is 153 Å². The van der Waals surface area contributed by atoms with Crippen LogP contribution in [0.1, 0.15) is 25.0 Å². The summed E-state index contributed by atoms with van der Waals surface area (Å²) in [6.07, 6.45) is 0. The standard InChI is InChI=1S/C20H22FN3O2/c1-4-24(13-15-9-10-19(26-3)17(21)11-15)14(2)20(25)23-18-8-6-5-7-16(18)12-22/h5-11,14H,4,13H2,1-3H3,(H,23,25)/t14-/m0/s1. The Morgan fingerprint density at radius 1 is 1.35 bits per heavy atom. The van der Waals surface area contributed by atoms with E-state index in [1.165, 1.54) is 13.2 Å². The van der Waals surface area contributed by atoms with E-state index in [2.05, 4.69) is 11.4 Å². The molecule has 2 aromatic rings. The topological polar surface area (TPSA) is 65.4 Å². The van der Waals surface area contributed by atoms with Crippen LogP contribution in [-0.2, 0) is 11.3 Å². The lowest BCUT2D eigenvalue weighted by atomic mass is 10.1. The van der Waals surface area contributed by atoms with Crippen molar-refractivity contribution in [2.24, 2.45) is 0 Å². The smallest absolute Gasteiger partial charge is 0.241 e. The Kier molecular flexibility index (Phi) is 6.70. The van der Waals surface area contributed by atoms with E-state index in [1.807, 2.05) is 11.8 Å². The van der Waals surface area contributed by atoms with Crippen molar-refractivity contribution < 1.29 is 13.9 Å². The van der Waals surface area contributed by atoms with Crippen molar-refractivity contribution in [1.29, 1.82) is 5.26 Å². The van der Waals surface area contributed by atoms with Crippen molar-refractivity contribution in [2.45, 2.75) is 26.4 Å². The lowest BCUT2D eigenvalue weighted by molar-refractivity contribution is -0.120. The molecule has 0 unspecified atom stereocenters. The second-order valence-corrected chi connectivity index (χ2v) is 5.85. The number of methoxy groups -OCH3 is 1. The number of carbonyl (C=O) groups excluding carboxylic acids is 1. The van der Waals surface area contributed by atoms with Crippen molar-refractivity contribution in [3.63, 3.8) is 0 Å². The molecule has 5 nitrogen and oxygen atoms in total.